The summed E-state index contributed by atoms with van der Waals surface area (Å²) in [6.07, 6.45) is 1.53. The van der Waals surface area contributed by atoms with Gasteiger partial charge in [-0.25, -0.2) is 4.99 Å². The van der Waals surface area contributed by atoms with Crippen molar-refractivity contribution in [2.24, 2.45) is 4.99 Å². The molecule has 1 aromatic carbocycles. The van der Waals surface area contributed by atoms with Crippen LogP contribution >= 0.6 is 0 Å². The van der Waals surface area contributed by atoms with Crippen molar-refractivity contribution in [2.75, 3.05) is 13.1 Å². The molecule has 2 rings (SSSR count). The Kier molecular flexibility index (Phi) is 8.26. The number of guanidine groups is 1. The summed E-state index contributed by atoms with van der Waals surface area (Å²) in [7, 11) is 0. The highest BCUT2D eigenvalue weighted by Crippen LogP contribution is 2.22. The van der Waals surface area contributed by atoms with Crippen LogP contribution in [0.3, 0.4) is 0 Å². The van der Waals surface area contributed by atoms with Crippen LogP contribution in [0.4, 0.5) is 8.78 Å². The zero-order chi connectivity index (χ0) is 20.4. The first-order valence-corrected chi connectivity index (χ1v) is 8.83. The van der Waals surface area contributed by atoms with E-state index >= 15 is 0 Å². The fourth-order valence-electron chi connectivity index (χ4n) is 2.37. The van der Waals surface area contributed by atoms with Crippen molar-refractivity contribution in [1.29, 1.82) is 0 Å². The first-order valence-electron chi connectivity index (χ1n) is 8.83. The molecule has 3 N–H and O–H groups in total. The van der Waals surface area contributed by atoms with Crippen molar-refractivity contribution in [3.8, 4) is 5.75 Å². The van der Waals surface area contributed by atoms with Gasteiger partial charge in [-0.05, 0) is 32.0 Å². The Hall–Kier alpha value is -3.10. The molecule has 9 heteroatoms. The number of hydrogen-bond acceptors (Lipinski definition) is 4. The van der Waals surface area contributed by atoms with Crippen LogP contribution in [0.15, 0.2) is 46.0 Å². The summed E-state index contributed by atoms with van der Waals surface area (Å²) in [6.45, 7) is 1.81. The van der Waals surface area contributed by atoms with Gasteiger partial charge >= 0.3 is 6.61 Å². The van der Waals surface area contributed by atoms with Crippen LogP contribution in [0.5, 0.6) is 5.75 Å². The Labute approximate surface area is 162 Å². The molecule has 0 aliphatic heterocycles. The van der Waals surface area contributed by atoms with Crippen LogP contribution in [0, 0.1) is 6.92 Å². The molecule has 0 bridgehead atoms. The van der Waals surface area contributed by atoms with E-state index in [1.54, 1.807) is 24.3 Å². The number of alkyl halides is 2. The van der Waals surface area contributed by atoms with Gasteiger partial charge in [0.2, 0.25) is 5.91 Å². The Morgan fingerprint density at radius 2 is 2.07 bits per heavy atom. The van der Waals surface area contributed by atoms with Crippen molar-refractivity contribution in [1.82, 2.24) is 16.0 Å². The highest BCUT2D eigenvalue weighted by atomic mass is 19.3. The standard InChI is InChI=1S/C19H24F2N4O3/c1-3-22-19(25-12-17(26)23-11-15-5-4-8-27-15)24-10-14-9-13(2)6-7-16(14)28-18(20)21/h4-9,18H,3,10-12H2,1-2H3,(H,23,26)(H2,22,24,25). The quantitative estimate of drug-likeness (QED) is 0.449. The molecule has 0 unspecified atom stereocenters. The number of benzene rings is 1. The number of aryl methyl sites for hydroxylation is 1. The van der Waals surface area contributed by atoms with Gasteiger partial charge in [0.05, 0.1) is 25.9 Å². The highest BCUT2D eigenvalue weighted by Gasteiger charge is 2.10. The first kappa shape index (κ1) is 21.2. The first-order chi connectivity index (χ1) is 13.5. The van der Waals surface area contributed by atoms with Gasteiger partial charge in [-0.1, -0.05) is 17.7 Å². The lowest BCUT2D eigenvalue weighted by atomic mass is 10.1. The normalized spacial score (nSPS) is 11.4. The second-order valence-electron chi connectivity index (χ2n) is 5.89. The van der Waals surface area contributed by atoms with Crippen LogP contribution < -0.4 is 20.7 Å². The number of carbonyl (C=O) groups is 1. The van der Waals surface area contributed by atoms with Crippen molar-refractivity contribution in [3.63, 3.8) is 0 Å². The average Bonchev–Trinajstić information content (AvgIpc) is 3.17. The van der Waals surface area contributed by atoms with Gasteiger partial charge < -0.3 is 25.1 Å². The third-order valence-electron chi connectivity index (χ3n) is 3.64. The molecule has 2 aromatic rings. The number of aliphatic imine (C=N–C) groups is 1. The van der Waals surface area contributed by atoms with Gasteiger partial charge in [-0.2, -0.15) is 8.78 Å². The van der Waals surface area contributed by atoms with E-state index in [0.717, 1.165) is 5.56 Å². The fraction of sp³-hybridized carbons (Fsp3) is 0.368. The molecule has 28 heavy (non-hydrogen) atoms. The van der Waals surface area contributed by atoms with E-state index < -0.39 is 6.61 Å². The number of nitrogens with one attached hydrogen (secondary N) is 3. The lowest BCUT2D eigenvalue weighted by Crippen LogP contribution is -2.43. The van der Waals surface area contributed by atoms with Gasteiger partial charge in [-0.15, -0.1) is 0 Å². The van der Waals surface area contributed by atoms with Crippen molar-refractivity contribution < 1.29 is 22.7 Å². The highest BCUT2D eigenvalue weighted by molar-refractivity contribution is 5.86. The number of rotatable bonds is 9. The van der Waals surface area contributed by atoms with Crippen molar-refractivity contribution in [2.45, 2.75) is 33.5 Å². The third-order valence-corrected chi connectivity index (χ3v) is 3.64. The minimum Gasteiger partial charge on any atom is -0.467 e. The van der Waals surface area contributed by atoms with Gasteiger partial charge in [0.25, 0.3) is 0 Å². The summed E-state index contributed by atoms with van der Waals surface area (Å²) in [5, 5.41) is 8.62. The lowest BCUT2D eigenvalue weighted by Gasteiger charge is -2.13. The molecule has 1 amide bonds. The molecule has 0 spiro atoms. The Bertz CT molecular complexity index is 779. The van der Waals surface area contributed by atoms with Crippen molar-refractivity contribution in [3.05, 3.63) is 53.5 Å². The molecule has 1 aromatic heterocycles. The molecule has 0 aliphatic carbocycles. The van der Waals surface area contributed by atoms with Gasteiger partial charge in [0, 0.05) is 12.1 Å². The molecule has 152 valence electrons. The summed E-state index contributed by atoms with van der Waals surface area (Å²) in [6, 6.07) is 8.43. The van der Waals surface area contributed by atoms with E-state index in [2.05, 4.69) is 25.7 Å². The summed E-state index contributed by atoms with van der Waals surface area (Å²) in [4.78, 5) is 16.3. The third kappa shape index (κ3) is 7.26. The largest absolute Gasteiger partial charge is 0.467 e. The zero-order valence-corrected chi connectivity index (χ0v) is 15.8. The number of hydrogen-bond donors (Lipinski definition) is 3. The maximum Gasteiger partial charge on any atom is 0.387 e. The number of carbonyl (C=O) groups excluding carboxylic acids is 1. The van der Waals surface area contributed by atoms with E-state index in [-0.39, 0.29) is 24.7 Å². The number of amides is 1. The van der Waals surface area contributed by atoms with Gasteiger partial charge in [0.1, 0.15) is 11.5 Å². The predicted octanol–water partition coefficient (Wildman–Crippen LogP) is 2.56. The molecule has 1 heterocycles. The van der Waals surface area contributed by atoms with Gasteiger partial charge in [-0.3, -0.25) is 4.79 Å². The Morgan fingerprint density at radius 1 is 1.25 bits per heavy atom. The summed E-state index contributed by atoms with van der Waals surface area (Å²) in [5.41, 5.74) is 1.43. The molecule has 0 radical (unpaired) electrons. The molecule has 0 fully saturated rings. The molecular formula is C19H24F2N4O3. The summed E-state index contributed by atoms with van der Waals surface area (Å²) < 4.78 is 34.8. The second kappa shape index (κ2) is 10.9. The smallest absolute Gasteiger partial charge is 0.387 e. The number of nitrogens with zero attached hydrogens (tertiary/aromatic N) is 1. The molecule has 0 saturated heterocycles. The minimum atomic E-state index is -2.91. The number of halogens is 2. The SMILES string of the molecule is CCNC(=NCc1cc(C)ccc1OC(F)F)NCC(=O)NCc1ccco1. The molecule has 0 aliphatic rings. The van der Waals surface area contributed by atoms with E-state index in [9.17, 15) is 13.6 Å². The Morgan fingerprint density at radius 3 is 2.75 bits per heavy atom. The van der Waals surface area contributed by atoms with Crippen LogP contribution in [-0.2, 0) is 17.9 Å². The molecule has 7 nitrogen and oxygen atoms in total. The van der Waals surface area contributed by atoms with E-state index in [1.807, 2.05) is 13.8 Å². The van der Waals surface area contributed by atoms with Crippen LogP contribution in [0.25, 0.3) is 0 Å². The Balaban J connectivity index is 1.94. The van der Waals surface area contributed by atoms with Gasteiger partial charge in [0.15, 0.2) is 5.96 Å². The molecule has 0 saturated carbocycles. The fourth-order valence-corrected chi connectivity index (χ4v) is 2.37. The summed E-state index contributed by atoms with van der Waals surface area (Å²) in [5.74, 6) is 0.885. The average molecular weight is 394 g/mol. The van der Waals surface area contributed by atoms with Crippen LogP contribution in [0.1, 0.15) is 23.8 Å². The van der Waals surface area contributed by atoms with Crippen LogP contribution in [0.2, 0.25) is 0 Å². The predicted molar refractivity (Wildman–Crippen MR) is 101 cm³/mol. The second-order valence-corrected chi connectivity index (χ2v) is 5.89. The van der Waals surface area contributed by atoms with Crippen molar-refractivity contribution >= 4 is 11.9 Å². The van der Waals surface area contributed by atoms with Crippen LogP contribution in [-0.4, -0.2) is 31.6 Å². The zero-order valence-electron chi connectivity index (χ0n) is 15.8. The van der Waals surface area contributed by atoms with E-state index in [4.69, 9.17) is 4.42 Å². The molecule has 0 atom stereocenters. The van der Waals surface area contributed by atoms with E-state index in [0.29, 0.717) is 30.4 Å². The summed E-state index contributed by atoms with van der Waals surface area (Å²) >= 11 is 0. The lowest BCUT2D eigenvalue weighted by molar-refractivity contribution is -0.120. The number of ether oxygens (including phenoxy) is 1. The van der Waals surface area contributed by atoms with E-state index in [1.165, 1.54) is 12.3 Å². The molecular weight excluding hydrogens is 370 g/mol. The number of furan rings is 1. The minimum absolute atomic E-state index is 0.000745. The monoisotopic (exact) mass is 394 g/mol. The maximum atomic E-state index is 12.6. The topological polar surface area (TPSA) is 87.9 Å². The maximum absolute atomic E-state index is 12.6.